The molecule has 0 radical (unpaired) electrons. The summed E-state index contributed by atoms with van der Waals surface area (Å²) in [7, 11) is 2.31. The van der Waals surface area contributed by atoms with Crippen molar-refractivity contribution < 1.29 is 32.6 Å². The lowest BCUT2D eigenvalue weighted by Gasteiger charge is -2.19. The molecule has 0 spiro atoms. The third-order valence-electron chi connectivity index (χ3n) is 3.16. The van der Waals surface area contributed by atoms with Crippen LogP contribution in [0.5, 0.6) is 0 Å². The van der Waals surface area contributed by atoms with Gasteiger partial charge in [-0.1, -0.05) is 6.92 Å². The summed E-state index contributed by atoms with van der Waals surface area (Å²) < 4.78 is 35.5. The third-order valence-corrected chi connectivity index (χ3v) is 3.16. The molecule has 0 saturated heterocycles. The Balaban J connectivity index is 2.90. The maximum Gasteiger partial charge on any atom is 0.328 e. The number of esters is 2. The van der Waals surface area contributed by atoms with Crippen molar-refractivity contribution in [2.24, 2.45) is 5.92 Å². The fraction of sp³-hybridized carbons (Fsp3) is 0.400. The van der Waals surface area contributed by atoms with Crippen LogP contribution in [0.1, 0.15) is 23.7 Å². The van der Waals surface area contributed by atoms with Gasteiger partial charge in [-0.2, -0.15) is 0 Å². The van der Waals surface area contributed by atoms with Gasteiger partial charge in [0.2, 0.25) is 0 Å². The van der Waals surface area contributed by atoms with Crippen LogP contribution in [-0.4, -0.2) is 38.1 Å². The first-order chi connectivity index (χ1) is 10.8. The van der Waals surface area contributed by atoms with E-state index >= 15 is 0 Å². The maximum absolute atomic E-state index is 13.6. The molecule has 126 valence electrons. The highest BCUT2D eigenvalue weighted by Crippen LogP contribution is 2.13. The summed E-state index contributed by atoms with van der Waals surface area (Å²) >= 11 is 0. The first-order valence-corrected chi connectivity index (χ1v) is 6.71. The second-order valence-corrected chi connectivity index (χ2v) is 4.83. The molecule has 0 aliphatic rings. The number of hydrogen-bond donors (Lipinski definition) is 1. The predicted molar refractivity (Wildman–Crippen MR) is 75.4 cm³/mol. The van der Waals surface area contributed by atoms with Crippen molar-refractivity contribution in [3.8, 4) is 0 Å². The number of hydrogen-bond acceptors (Lipinski definition) is 5. The summed E-state index contributed by atoms with van der Waals surface area (Å²) in [6.45, 7) is 1.51. The van der Waals surface area contributed by atoms with Crippen LogP contribution in [0.2, 0.25) is 0 Å². The Morgan fingerprint density at radius 1 is 1.13 bits per heavy atom. The average Bonchev–Trinajstić information content (AvgIpc) is 2.52. The van der Waals surface area contributed by atoms with Crippen molar-refractivity contribution in [2.75, 3.05) is 14.2 Å². The van der Waals surface area contributed by atoms with E-state index in [2.05, 4.69) is 14.8 Å². The second-order valence-electron chi connectivity index (χ2n) is 4.83. The molecule has 0 aliphatic carbocycles. The van der Waals surface area contributed by atoms with E-state index in [9.17, 15) is 23.2 Å². The van der Waals surface area contributed by atoms with E-state index in [0.717, 1.165) is 19.2 Å². The highest BCUT2D eigenvalue weighted by molar-refractivity contribution is 5.97. The summed E-state index contributed by atoms with van der Waals surface area (Å²) in [5.41, 5.74) is -0.425. The number of halogens is 2. The molecule has 0 aromatic heterocycles. The zero-order valence-electron chi connectivity index (χ0n) is 12.9. The number of amides is 1. The van der Waals surface area contributed by atoms with Gasteiger partial charge in [-0.25, -0.2) is 13.6 Å². The molecule has 0 fully saturated rings. The lowest BCUT2D eigenvalue weighted by molar-refractivity contribution is -0.147. The van der Waals surface area contributed by atoms with Gasteiger partial charge in [-0.05, 0) is 18.6 Å². The van der Waals surface area contributed by atoms with E-state index in [1.807, 2.05) is 0 Å². The van der Waals surface area contributed by atoms with Crippen molar-refractivity contribution in [1.82, 2.24) is 5.32 Å². The molecule has 8 heteroatoms. The van der Waals surface area contributed by atoms with Gasteiger partial charge in [0.1, 0.15) is 17.7 Å². The minimum absolute atomic E-state index is 0.0894. The largest absolute Gasteiger partial charge is 0.469 e. The number of nitrogens with one attached hydrogen (secondary N) is 1. The molecule has 0 unspecified atom stereocenters. The SMILES string of the molecule is COC(=O)[C@@H](C)C[C@@H](NC(=O)c1ccc(F)cc1F)C(=O)OC. The van der Waals surface area contributed by atoms with Crippen LogP contribution in [0.4, 0.5) is 8.78 Å². The van der Waals surface area contributed by atoms with Crippen LogP contribution in [-0.2, 0) is 19.1 Å². The molecule has 1 aromatic rings. The number of carbonyl (C=O) groups excluding carboxylic acids is 3. The van der Waals surface area contributed by atoms with Crippen molar-refractivity contribution in [2.45, 2.75) is 19.4 Å². The Morgan fingerprint density at radius 2 is 1.74 bits per heavy atom. The topological polar surface area (TPSA) is 81.7 Å². The van der Waals surface area contributed by atoms with Crippen LogP contribution in [0.3, 0.4) is 0 Å². The molecule has 0 aliphatic heterocycles. The number of rotatable bonds is 6. The van der Waals surface area contributed by atoms with E-state index in [0.29, 0.717) is 6.07 Å². The van der Waals surface area contributed by atoms with Crippen molar-refractivity contribution in [1.29, 1.82) is 0 Å². The Morgan fingerprint density at radius 3 is 2.26 bits per heavy atom. The van der Waals surface area contributed by atoms with Gasteiger partial charge in [0.15, 0.2) is 0 Å². The van der Waals surface area contributed by atoms with E-state index in [4.69, 9.17) is 0 Å². The van der Waals surface area contributed by atoms with Gasteiger partial charge in [-0.15, -0.1) is 0 Å². The lowest BCUT2D eigenvalue weighted by atomic mass is 10.0. The lowest BCUT2D eigenvalue weighted by Crippen LogP contribution is -2.43. The number of methoxy groups -OCH3 is 2. The van der Waals surface area contributed by atoms with Crippen LogP contribution < -0.4 is 5.32 Å². The van der Waals surface area contributed by atoms with Crippen LogP contribution in [0.25, 0.3) is 0 Å². The quantitative estimate of drug-likeness (QED) is 0.799. The van der Waals surface area contributed by atoms with Gasteiger partial charge in [0, 0.05) is 6.07 Å². The predicted octanol–water partition coefficient (Wildman–Crippen LogP) is 1.44. The molecule has 1 rings (SSSR count). The molecule has 1 aromatic carbocycles. The van der Waals surface area contributed by atoms with E-state index in [1.54, 1.807) is 0 Å². The minimum Gasteiger partial charge on any atom is -0.469 e. The molecule has 0 saturated carbocycles. The fourth-order valence-electron chi connectivity index (χ4n) is 1.92. The molecule has 23 heavy (non-hydrogen) atoms. The Labute approximate surface area is 131 Å². The monoisotopic (exact) mass is 329 g/mol. The van der Waals surface area contributed by atoms with E-state index in [1.165, 1.54) is 14.0 Å². The normalized spacial score (nSPS) is 12.9. The smallest absolute Gasteiger partial charge is 0.328 e. The second kappa shape index (κ2) is 8.21. The zero-order valence-corrected chi connectivity index (χ0v) is 12.9. The summed E-state index contributed by atoms with van der Waals surface area (Å²) in [5.74, 6) is -4.87. The fourth-order valence-corrected chi connectivity index (χ4v) is 1.92. The molecular formula is C15H17F2NO5. The highest BCUT2D eigenvalue weighted by atomic mass is 19.1. The molecule has 1 N–H and O–H groups in total. The maximum atomic E-state index is 13.6. The van der Waals surface area contributed by atoms with Crippen LogP contribution >= 0.6 is 0 Å². The third kappa shape index (κ3) is 5.01. The van der Waals surface area contributed by atoms with Crippen LogP contribution in [0.15, 0.2) is 18.2 Å². The Hall–Kier alpha value is -2.51. The van der Waals surface area contributed by atoms with Crippen molar-refractivity contribution in [3.05, 3.63) is 35.4 Å². The van der Waals surface area contributed by atoms with Gasteiger partial charge >= 0.3 is 11.9 Å². The molecule has 2 atom stereocenters. The van der Waals surface area contributed by atoms with Gasteiger partial charge in [-0.3, -0.25) is 9.59 Å². The summed E-state index contributed by atoms with van der Waals surface area (Å²) in [6.07, 6.45) is -0.0894. The van der Waals surface area contributed by atoms with Gasteiger partial charge in [0.05, 0.1) is 25.7 Å². The molecule has 0 bridgehead atoms. The van der Waals surface area contributed by atoms with E-state index < -0.39 is 47.0 Å². The minimum atomic E-state index is -1.17. The summed E-state index contributed by atoms with van der Waals surface area (Å²) in [5, 5.41) is 2.27. The first kappa shape index (κ1) is 18.5. The van der Waals surface area contributed by atoms with E-state index in [-0.39, 0.29) is 6.42 Å². The molecular weight excluding hydrogens is 312 g/mol. The molecule has 0 heterocycles. The zero-order chi connectivity index (χ0) is 17.6. The first-order valence-electron chi connectivity index (χ1n) is 6.71. The molecule has 1 amide bonds. The standard InChI is InChI=1S/C15H17F2NO5/c1-8(14(20)22-2)6-12(15(21)23-3)18-13(19)10-5-4-9(16)7-11(10)17/h4-5,7-8,12H,6H2,1-3H3,(H,18,19)/t8-,12+/m0/s1. The number of carbonyl (C=O) groups is 3. The number of benzene rings is 1. The Bertz CT molecular complexity index is 606. The van der Waals surface area contributed by atoms with Crippen LogP contribution in [0, 0.1) is 17.6 Å². The van der Waals surface area contributed by atoms with Gasteiger partial charge < -0.3 is 14.8 Å². The van der Waals surface area contributed by atoms with Crippen molar-refractivity contribution >= 4 is 17.8 Å². The summed E-state index contributed by atoms with van der Waals surface area (Å²) in [6, 6.07) is 1.26. The van der Waals surface area contributed by atoms with Gasteiger partial charge in [0.25, 0.3) is 5.91 Å². The average molecular weight is 329 g/mol. The Kier molecular flexibility index (Phi) is 6.62. The highest BCUT2D eigenvalue weighted by Gasteiger charge is 2.28. The van der Waals surface area contributed by atoms with Crippen molar-refractivity contribution in [3.63, 3.8) is 0 Å². The molecule has 6 nitrogen and oxygen atoms in total. The number of ether oxygens (including phenoxy) is 2. The summed E-state index contributed by atoms with van der Waals surface area (Å²) in [4.78, 5) is 35.2.